The molecule has 1 aliphatic heterocycles. The van der Waals surface area contributed by atoms with E-state index in [-0.39, 0.29) is 13.0 Å². The Kier molecular flexibility index (Phi) is 4.59. The van der Waals surface area contributed by atoms with Crippen molar-refractivity contribution in [1.82, 2.24) is 5.32 Å². The number of carbonyl (C=O) groups is 1. The third kappa shape index (κ3) is 3.98. The topological polar surface area (TPSA) is 64.3 Å². The van der Waals surface area contributed by atoms with E-state index in [1.54, 1.807) is 0 Å². The van der Waals surface area contributed by atoms with Crippen molar-refractivity contribution < 1.29 is 35.9 Å². The Hall–Kier alpha value is -1.03. The summed E-state index contributed by atoms with van der Waals surface area (Å²) in [6, 6.07) is 0. The summed E-state index contributed by atoms with van der Waals surface area (Å²) >= 11 is 0. The first kappa shape index (κ1) is 17.0. The highest BCUT2D eigenvalue weighted by atomic mass is 19.4. The summed E-state index contributed by atoms with van der Waals surface area (Å²) < 4.78 is 77.4. The first-order valence-corrected chi connectivity index (χ1v) is 5.69. The molecule has 1 saturated heterocycles. The first-order valence-electron chi connectivity index (χ1n) is 5.69. The zero-order valence-electron chi connectivity index (χ0n) is 10.4. The number of carbonyl (C=O) groups excluding carboxylic acids is 1. The third-order valence-corrected chi connectivity index (χ3v) is 3.10. The largest absolute Gasteiger partial charge is 0.442 e. The number of hydrogen-bond donors (Lipinski definition) is 2. The fraction of sp³-hybridized carbons (Fsp3) is 0.900. The van der Waals surface area contributed by atoms with Crippen LogP contribution in [0.3, 0.4) is 0 Å². The normalized spacial score (nSPS) is 28.6. The Labute approximate surface area is 110 Å². The molecule has 10 heteroatoms. The Bertz CT molecular complexity index is 352. The highest BCUT2D eigenvalue weighted by molar-refractivity contribution is 5.75. The Morgan fingerprint density at radius 2 is 1.80 bits per heavy atom. The lowest BCUT2D eigenvalue weighted by Gasteiger charge is -2.37. The molecular weight excluding hydrogens is 294 g/mol. The van der Waals surface area contributed by atoms with Crippen molar-refractivity contribution in [3.8, 4) is 0 Å². The predicted octanol–water partition coefficient (Wildman–Crippen LogP) is 1.35. The van der Waals surface area contributed by atoms with Gasteiger partial charge < -0.3 is 15.8 Å². The summed E-state index contributed by atoms with van der Waals surface area (Å²) in [5.41, 5.74) is 4.50. The van der Waals surface area contributed by atoms with E-state index in [2.05, 4.69) is 10.1 Å². The molecule has 2 atom stereocenters. The van der Waals surface area contributed by atoms with E-state index >= 15 is 0 Å². The second-order valence-corrected chi connectivity index (χ2v) is 4.91. The minimum atomic E-state index is -5.72. The zero-order chi connectivity index (χ0) is 15.8. The fourth-order valence-corrected chi connectivity index (χ4v) is 1.88. The minimum Gasteiger partial charge on any atom is -0.442 e. The van der Waals surface area contributed by atoms with Gasteiger partial charge in [-0.2, -0.15) is 26.3 Å². The van der Waals surface area contributed by atoms with Gasteiger partial charge in [-0.3, -0.25) is 4.79 Å². The highest BCUT2D eigenvalue weighted by Crippen LogP contribution is 2.37. The van der Waals surface area contributed by atoms with E-state index in [1.807, 2.05) is 0 Å². The number of nitrogens with one attached hydrogen (secondary N) is 1. The van der Waals surface area contributed by atoms with Crippen LogP contribution in [0.2, 0.25) is 0 Å². The maximum atomic E-state index is 12.3. The highest BCUT2D eigenvalue weighted by Gasteiger charge is 2.60. The smallest absolute Gasteiger partial charge is 0.434 e. The van der Waals surface area contributed by atoms with Gasteiger partial charge in [-0.15, -0.1) is 0 Å². The van der Waals surface area contributed by atoms with Crippen molar-refractivity contribution in [2.45, 2.75) is 37.3 Å². The van der Waals surface area contributed by atoms with Gasteiger partial charge in [-0.05, 0) is 19.9 Å². The maximum Gasteiger partial charge on any atom is 0.434 e. The van der Waals surface area contributed by atoms with Gasteiger partial charge in [-0.25, -0.2) is 0 Å². The molecule has 1 rings (SSSR count). The van der Waals surface area contributed by atoms with Crippen LogP contribution in [-0.2, 0) is 9.53 Å². The summed E-state index contributed by atoms with van der Waals surface area (Å²) in [4.78, 5) is 11.6. The van der Waals surface area contributed by atoms with Crippen molar-refractivity contribution in [1.29, 1.82) is 0 Å². The van der Waals surface area contributed by atoms with Crippen molar-refractivity contribution in [2.24, 2.45) is 11.7 Å². The number of alkyl halides is 6. The van der Waals surface area contributed by atoms with Crippen LogP contribution in [0.5, 0.6) is 0 Å². The van der Waals surface area contributed by atoms with Gasteiger partial charge in [0.1, 0.15) is 0 Å². The summed E-state index contributed by atoms with van der Waals surface area (Å²) in [6.45, 7) is 1.67. The van der Waals surface area contributed by atoms with E-state index in [1.165, 1.54) is 6.92 Å². The van der Waals surface area contributed by atoms with Gasteiger partial charge in [0.25, 0.3) is 6.10 Å². The molecule has 1 heterocycles. The fourth-order valence-electron chi connectivity index (χ4n) is 1.88. The molecule has 2 unspecified atom stereocenters. The molecule has 4 nitrogen and oxygen atoms in total. The predicted molar refractivity (Wildman–Crippen MR) is 55.6 cm³/mol. The van der Waals surface area contributed by atoms with Crippen LogP contribution in [0, 0.1) is 5.92 Å². The van der Waals surface area contributed by atoms with E-state index in [9.17, 15) is 31.1 Å². The first-order chi connectivity index (χ1) is 8.86. The van der Waals surface area contributed by atoms with E-state index in [0.29, 0.717) is 6.54 Å². The van der Waals surface area contributed by atoms with Crippen LogP contribution in [0.15, 0.2) is 0 Å². The Morgan fingerprint density at radius 3 is 2.20 bits per heavy atom. The molecule has 118 valence electrons. The van der Waals surface area contributed by atoms with Crippen LogP contribution < -0.4 is 11.1 Å². The Balaban J connectivity index is 2.86. The average molecular weight is 308 g/mol. The van der Waals surface area contributed by atoms with E-state index in [4.69, 9.17) is 5.73 Å². The quantitative estimate of drug-likeness (QED) is 0.597. The number of ether oxygens (including phenoxy) is 1. The molecule has 0 saturated carbocycles. The summed E-state index contributed by atoms with van der Waals surface area (Å²) in [5.74, 6) is -2.88. The lowest BCUT2D eigenvalue weighted by Crippen LogP contribution is -2.59. The van der Waals surface area contributed by atoms with Crippen molar-refractivity contribution >= 4 is 5.97 Å². The van der Waals surface area contributed by atoms with Crippen LogP contribution >= 0.6 is 0 Å². The lowest BCUT2D eigenvalue weighted by molar-refractivity contribution is -0.314. The van der Waals surface area contributed by atoms with Gasteiger partial charge >= 0.3 is 18.3 Å². The zero-order valence-corrected chi connectivity index (χ0v) is 10.4. The number of rotatable bonds is 2. The SMILES string of the molecule is CC1(N)CCNCC1C(=O)OC(C(F)(F)F)C(F)(F)F. The number of piperidine rings is 1. The molecule has 0 aromatic heterocycles. The maximum absolute atomic E-state index is 12.3. The Morgan fingerprint density at radius 1 is 1.30 bits per heavy atom. The van der Waals surface area contributed by atoms with Gasteiger partial charge in [0.15, 0.2) is 0 Å². The van der Waals surface area contributed by atoms with Gasteiger partial charge in [0.05, 0.1) is 5.92 Å². The van der Waals surface area contributed by atoms with Gasteiger partial charge in [0.2, 0.25) is 0 Å². The van der Waals surface area contributed by atoms with Crippen LogP contribution in [0.4, 0.5) is 26.3 Å². The van der Waals surface area contributed by atoms with Crippen LogP contribution in [-0.4, -0.2) is 43.1 Å². The third-order valence-electron chi connectivity index (χ3n) is 3.10. The molecule has 20 heavy (non-hydrogen) atoms. The lowest BCUT2D eigenvalue weighted by atomic mass is 9.81. The second-order valence-electron chi connectivity index (χ2n) is 4.91. The number of hydrogen-bond acceptors (Lipinski definition) is 4. The molecule has 1 aliphatic rings. The molecule has 0 radical (unpaired) electrons. The van der Waals surface area contributed by atoms with Crippen LogP contribution in [0.25, 0.3) is 0 Å². The molecule has 3 N–H and O–H groups in total. The monoisotopic (exact) mass is 308 g/mol. The summed E-state index contributed by atoms with van der Waals surface area (Å²) in [5, 5.41) is 2.68. The van der Waals surface area contributed by atoms with E-state index in [0.717, 1.165) is 0 Å². The standard InChI is InChI=1S/C10H14F6N2O2/c1-8(17)2-3-18-4-5(8)6(19)20-7(9(11,12)13)10(14,15)16/h5,7,18H,2-4,17H2,1H3. The van der Waals surface area contributed by atoms with Crippen molar-refractivity contribution in [3.63, 3.8) is 0 Å². The molecule has 0 aromatic rings. The molecule has 0 aliphatic carbocycles. The average Bonchev–Trinajstić information content (AvgIpc) is 2.21. The minimum absolute atomic E-state index is 0.131. The molecule has 0 aromatic carbocycles. The molecular formula is C10H14F6N2O2. The number of esters is 1. The van der Waals surface area contributed by atoms with Crippen molar-refractivity contribution in [2.75, 3.05) is 13.1 Å². The van der Waals surface area contributed by atoms with Gasteiger partial charge in [0, 0.05) is 12.1 Å². The summed E-state index contributed by atoms with van der Waals surface area (Å²) in [7, 11) is 0. The van der Waals surface area contributed by atoms with Gasteiger partial charge in [-0.1, -0.05) is 0 Å². The number of nitrogens with two attached hydrogens (primary N) is 1. The molecule has 0 amide bonds. The number of halogens is 6. The molecule has 0 bridgehead atoms. The molecule has 0 spiro atoms. The second kappa shape index (κ2) is 5.40. The van der Waals surface area contributed by atoms with Crippen molar-refractivity contribution in [3.05, 3.63) is 0 Å². The van der Waals surface area contributed by atoms with Crippen LogP contribution in [0.1, 0.15) is 13.3 Å². The summed E-state index contributed by atoms with van der Waals surface area (Å²) in [6.07, 6.45) is -15.3. The van der Waals surface area contributed by atoms with E-state index < -0.39 is 35.9 Å². The molecule has 1 fully saturated rings.